The first-order valence-electron chi connectivity index (χ1n) is 5.83. The number of carbonyl (C=O) groups excluding carboxylic acids is 1. The highest BCUT2D eigenvalue weighted by Gasteiger charge is 2.27. The maximum atomic E-state index is 12.3. The van der Waals surface area contributed by atoms with Gasteiger partial charge in [-0.15, -0.1) is 0 Å². The fourth-order valence-corrected chi connectivity index (χ4v) is 2.24. The molecule has 0 atom stereocenters. The smallest absolute Gasteiger partial charge is 0.258 e. The molecule has 0 unspecified atom stereocenters. The van der Waals surface area contributed by atoms with Gasteiger partial charge in [-0.1, -0.05) is 24.3 Å². The molecule has 3 nitrogen and oxygen atoms in total. The lowest BCUT2D eigenvalue weighted by molar-refractivity contribution is 0.0996. The molecule has 0 aromatic heterocycles. The minimum Gasteiger partial charge on any atom is -0.497 e. The lowest BCUT2D eigenvalue weighted by Crippen LogP contribution is -2.22. The van der Waals surface area contributed by atoms with Crippen molar-refractivity contribution in [3.05, 3.63) is 59.7 Å². The number of nitrogens with zero attached hydrogens (tertiary/aromatic N) is 1. The van der Waals surface area contributed by atoms with Crippen LogP contribution in [0.15, 0.2) is 48.5 Å². The summed E-state index contributed by atoms with van der Waals surface area (Å²) in [5.41, 5.74) is 2.74. The van der Waals surface area contributed by atoms with Crippen LogP contribution in [0.3, 0.4) is 0 Å². The van der Waals surface area contributed by atoms with Crippen LogP contribution in [-0.2, 0) is 6.54 Å². The number of benzene rings is 2. The van der Waals surface area contributed by atoms with Gasteiger partial charge < -0.3 is 9.64 Å². The van der Waals surface area contributed by atoms with Gasteiger partial charge >= 0.3 is 0 Å². The second-order valence-corrected chi connectivity index (χ2v) is 4.25. The zero-order valence-corrected chi connectivity index (χ0v) is 10.1. The SMILES string of the molecule is COc1cccc(N2Cc3ccccc3C2=O)c1. The Morgan fingerprint density at radius 1 is 1.11 bits per heavy atom. The molecule has 18 heavy (non-hydrogen) atoms. The lowest BCUT2D eigenvalue weighted by Gasteiger charge is -2.16. The van der Waals surface area contributed by atoms with Gasteiger partial charge in [-0.25, -0.2) is 0 Å². The molecule has 90 valence electrons. The van der Waals surface area contributed by atoms with E-state index in [9.17, 15) is 4.79 Å². The first-order valence-corrected chi connectivity index (χ1v) is 5.83. The number of fused-ring (bicyclic) bond motifs is 1. The summed E-state index contributed by atoms with van der Waals surface area (Å²) in [5, 5.41) is 0. The second-order valence-electron chi connectivity index (χ2n) is 4.25. The largest absolute Gasteiger partial charge is 0.497 e. The van der Waals surface area contributed by atoms with Crippen LogP contribution < -0.4 is 9.64 Å². The highest BCUT2D eigenvalue weighted by molar-refractivity contribution is 6.10. The van der Waals surface area contributed by atoms with Crippen LogP contribution in [0.2, 0.25) is 0 Å². The van der Waals surface area contributed by atoms with Gasteiger partial charge in [-0.3, -0.25) is 4.79 Å². The molecular weight excluding hydrogens is 226 g/mol. The van der Waals surface area contributed by atoms with Crippen molar-refractivity contribution in [2.24, 2.45) is 0 Å². The molecule has 0 saturated carbocycles. The summed E-state index contributed by atoms with van der Waals surface area (Å²) in [6.07, 6.45) is 0. The van der Waals surface area contributed by atoms with Gasteiger partial charge in [0.2, 0.25) is 0 Å². The minimum atomic E-state index is 0.0545. The van der Waals surface area contributed by atoms with Gasteiger partial charge in [0.25, 0.3) is 5.91 Å². The Morgan fingerprint density at radius 3 is 2.72 bits per heavy atom. The summed E-state index contributed by atoms with van der Waals surface area (Å²) < 4.78 is 5.19. The van der Waals surface area contributed by atoms with Gasteiger partial charge in [0.05, 0.1) is 13.7 Å². The normalized spacial score (nSPS) is 13.6. The molecule has 1 aliphatic heterocycles. The molecule has 0 spiro atoms. The van der Waals surface area contributed by atoms with Crippen molar-refractivity contribution >= 4 is 11.6 Å². The second kappa shape index (κ2) is 4.18. The van der Waals surface area contributed by atoms with E-state index in [0.717, 1.165) is 22.6 Å². The third kappa shape index (κ3) is 1.64. The van der Waals surface area contributed by atoms with E-state index in [0.29, 0.717) is 6.54 Å². The Balaban J connectivity index is 1.98. The molecule has 0 bridgehead atoms. The van der Waals surface area contributed by atoms with E-state index in [-0.39, 0.29) is 5.91 Å². The summed E-state index contributed by atoms with van der Waals surface area (Å²) in [4.78, 5) is 14.1. The van der Waals surface area contributed by atoms with Crippen LogP contribution in [0.4, 0.5) is 5.69 Å². The number of amides is 1. The van der Waals surface area contributed by atoms with E-state index in [1.54, 1.807) is 12.0 Å². The minimum absolute atomic E-state index is 0.0545. The molecule has 0 N–H and O–H groups in total. The molecule has 1 amide bonds. The van der Waals surface area contributed by atoms with E-state index in [1.807, 2.05) is 48.5 Å². The summed E-state index contributed by atoms with van der Waals surface area (Å²) in [5.74, 6) is 0.815. The Kier molecular flexibility index (Phi) is 2.52. The highest BCUT2D eigenvalue weighted by atomic mass is 16.5. The zero-order valence-electron chi connectivity index (χ0n) is 10.1. The van der Waals surface area contributed by atoms with Crippen LogP contribution in [0, 0.1) is 0 Å². The monoisotopic (exact) mass is 239 g/mol. The van der Waals surface area contributed by atoms with Gasteiger partial charge in [-0.05, 0) is 23.8 Å². The molecule has 0 fully saturated rings. The Bertz CT molecular complexity index is 607. The van der Waals surface area contributed by atoms with Crippen molar-refractivity contribution in [1.82, 2.24) is 0 Å². The summed E-state index contributed by atoms with van der Waals surface area (Å²) in [6.45, 7) is 0.627. The van der Waals surface area contributed by atoms with Crippen LogP contribution in [0.5, 0.6) is 5.75 Å². The quantitative estimate of drug-likeness (QED) is 0.806. The number of anilines is 1. The van der Waals surface area contributed by atoms with Crippen LogP contribution in [0.25, 0.3) is 0 Å². The van der Waals surface area contributed by atoms with Crippen LogP contribution in [0.1, 0.15) is 15.9 Å². The van der Waals surface area contributed by atoms with Crippen molar-refractivity contribution in [3.63, 3.8) is 0 Å². The van der Waals surface area contributed by atoms with Crippen molar-refractivity contribution in [2.45, 2.75) is 6.54 Å². The first-order chi connectivity index (χ1) is 8.79. The average Bonchev–Trinajstić information content (AvgIpc) is 2.77. The molecular formula is C15H13NO2. The van der Waals surface area contributed by atoms with Crippen LogP contribution in [-0.4, -0.2) is 13.0 Å². The predicted molar refractivity (Wildman–Crippen MR) is 69.9 cm³/mol. The Hall–Kier alpha value is -2.29. The van der Waals surface area contributed by atoms with Crippen LogP contribution >= 0.6 is 0 Å². The molecule has 1 aliphatic rings. The van der Waals surface area contributed by atoms with E-state index in [1.165, 1.54) is 0 Å². The molecule has 0 aliphatic carbocycles. The average molecular weight is 239 g/mol. The fourth-order valence-electron chi connectivity index (χ4n) is 2.24. The first kappa shape index (κ1) is 10.8. The molecule has 1 heterocycles. The molecule has 2 aromatic carbocycles. The number of carbonyl (C=O) groups is 1. The third-order valence-electron chi connectivity index (χ3n) is 3.19. The Morgan fingerprint density at radius 2 is 1.94 bits per heavy atom. The Labute approximate surface area is 106 Å². The number of hydrogen-bond donors (Lipinski definition) is 0. The summed E-state index contributed by atoms with van der Waals surface area (Å²) >= 11 is 0. The number of hydrogen-bond acceptors (Lipinski definition) is 2. The van der Waals surface area contributed by atoms with E-state index in [2.05, 4.69) is 0 Å². The fraction of sp³-hybridized carbons (Fsp3) is 0.133. The molecule has 0 radical (unpaired) electrons. The molecule has 0 saturated heterocycles. The standard InChI is InChI=1S/C15H13NO2/c1-18-13-7-4-6-12(9-13)16-10-11-5-2-3-8-14(11)15(16)17/h2-9H,10H2,1H3. The lowest BCUT2D eigenvalue weighted by atomic mass is 10.1. The van der Waals surface area contributed by atoms with Gasteiger partial charge in [-0.2, -0.15) is 0 Å². The van der Waals surface area contributed by atoms with Gasteiger partial charge in [0, 0.05) is 17.3 Å². The maximum absolute atomic E-state index is 12.3. The van der Waals surface area contributed by atoms with Crippen molar-refractivity contribution < 1.29 is 9.53 Å². The molecule has 2 aromatic rings. The van der Waals surface area contributed by atoms with E-state index in [4.69, 9.17) is 4.74 Å². The van der Waals surface area contributed by atoms with Gasteiger partial charge in [0.1, 0.15) is 5.75 Å². The number of ether oxygens (including phenoxy) is 1. The zero-order chi connectivity index (χ0) is 12.5. The topological polar surface area (TPSA) is 29.5 Å². The number of rotatable bonds is 2. The van der Waals surface area contributed by atoms with Gasteiger partial charge in [0.15, 0.2) is 0 Å². The summed E-state index contributed by atoms with van der Waals surface area (Å²) in [7, 11) is 1.62. The van der Waals surface area contributed by atoms with E-state index < -0.39 is 0 Å². The van der Waals surface area contributed by atoms with Crippen molar-refractivity contribution in [1.29, 1.82) is 0 Å². The van der Waals surface area contributed by atoms with Crippen molar-refractivity contribution in [3.8, 4) is 5.75 Å². The highest BCUT2D eigenvalue weighted by Crippen LogP contribution is 2.29. The number of methoxy groups -OCH3 is 1. The third-order valence-corrected chi connectivity index (χ3v) is 3.19. The molecule has 3 rings (SSSR count). The van der Waals surface area contributed by atoms with Crippen molar-refractivity contribution in [2.75, 3.05) is 12.0 Å². The molecule has 3 heteroatoms. The predicted octanol–water partition coefficient (Wildman–Crippen LogP) is 2.86. The summed E-state index contributed by atoms with van der Waals surface area (Å²) in [6, 6.07) is 15.3. The van der Waals surface area contributed by atoms with E-state index >= 15 is 0 Å². The maximum Gasteiger partial charge on any atom is 0.258 e.